The van der Waals surface area contributed by atoms with Crippen molar-refractivity contribution < 1.29 is 28.4 Å². The summed E-state index contributed by atoms with van der Waals surface area (Å²) in [6.07, 6.45) is 55.5. The molecule has 332 valence electrons. The smallest absolute Gasteiger partial charge is 0.387 e. The number of allylic oxidation sites excluding steroid dienone is 9. The average molecular weight is 821 g/mol. The Labute approximate surface area is 351 Å². The van der Waals surface area contributed by atoms with E-state index in [0.29, 0.717) is 6.42 Å². The van der Waals surface area contributed by atoms with Crippen LogP contribution in [-0.4, -0.2) is 47.8 Å². The van der Waals surface area contributed by atoms with Crippen molar-refractivity contribution in [1.29, 1.82) is 0 Å². The molecule has 0 aliphatic rings. The second kappa shape index (κ2) is 43.8. The minimum Gasteiger partial charge on any atom is -0.387 e. The predicted molar refractivity (Wildman–Crippen MR) is 244 cm³/mol. The van der Waals surface area contributed by atoms with Gasteiger partial charge < -0.3 is 21.1 Å². The molecule has 0 aliphatic carbocycles. The topological polar surface area (TPSA) is 131 Å². The van der Waals surface area contributed by atoms with Crippen molar-refractivity contribution in [2.24, 2.45) is 5.73 Å². The minimum absolute atomic E-state index is 0.0735. The van der Waals surface area contributed by atoms with Crippen molar-refractivity contribution in [2.45, 2.75) is 219 Å². The molecule has 0 saturated heterocycles. The van der Waals surface area contributed by atoms with Gasteiger partial charge in [-0.05, 0) is 57.8 Å². The van der Waals surface area contributed by atoms with Crippen LogP contribution in [0.1, 0.15) is 206 Å². The summed E-state index contributed by atoms with van der Waals surface area (Å²) in [5.74, 6) is -0.209. The minimum atomic E-state index is -4.35. The Morgan fingerprint density at radius 3 is 1.49 bits per heavy atom. The van der Waals surface area contributed by atoms with Gasteiger partial charge in [-0.25, -0.2) is 4.57 Å². The molecule has 0 heterocycles. The third-order valence-electron chi connectivity index (χ3n) is 10.1. The van der Waals surface area contributed by atoms with Gasteiger partial charge in [-0.15, -0.1) is 0 Å². The number of nitrogens with one attached hydrogen (secondary N) is 1. The summed E-state index contributed by atoms with van der Waals surface area (Å²) in [5.41, 5.74) is 5.38. The van der Waals surface area contributed by atoms with Crippen molar-refractivity contribution in [1.82, 2.24) is 5.32 Å². The number of rotatable bonds is 43. The molecule has 0 bridgehead atoms. The van der Waals surface area contributed by atoms with Gasteiger partial charge in [0.1, 0.15) is 0 Å². The summed E-state index contributed by atoms with van der Waals surface area (Å²) in [4.78, 5) is 22.8. The van der Waals surface area contributed by atoms with Gasteiger partial charge in [0.15, 0.2) is 0 Å². The fourth-order valence-corrected chi connectivity index (χ4v) is 7.35. The van der Waals surface area contributed by atoms with Crippen LogP contribution >= 0.6 is 7.82 Å². The van der Waals surface area contributed by atoms with Gasteiger partial charge in [-0.3, -0.25) is 13.8 Å². The van der Waals surface area contributed by atoms with E-state index in [9.17, 15) is 19.4 Å². The molecule has 9 heteroatoms. The molecule has 0 spiro atoms. The van der Waals surface area contributed by atoms with Crippen molar-refractivity contribution in [3.8, 4) is 0 Å². The molecule has 0 aromatic carbocycles. The van der Waals surface area contributed by atoms with Crippen LogP contribution in [0.4, 0.5) is 0 Å². The van der Waals surface area contributed by atoms with Crippen LogP contribution in [0.3, 0.4) is 0 Å². The average Bonchev–Trinajstić information content (AvgIpc) is 3.20. The van der Waals surface area contributed by atoms with Gasteiger partial charge in [-0.2, -0.15) is 0 Å². The van der Waals surface area contributed by atoms with Crippen molar-refractivity contribution in [3.05, 3.63) is 60.8 Å². The molecule has 0 rings (SSSR count). The summed E-state index contributed by atoms with van der Waals surface area (Å²) >= 11 is 0. The zero-order chi connectivity index (χ0) is 41.8. The van der Waals surface area contributed by atoms with Crippen LogP contribution in [0.2, 0.25) is 0 Å². The molecule has 0 saturated carbocycles. The van der Waals surface area contributed by atoms with Crippen LogP contribution in [0.25, 0.3) is 0 Å². The number of carbonyl (C=O) groups is 1. The monoisotopic (exact) mass is 821 g/mol. The number of aliphatic hydroxyl groups excluding tert-OH is 1. The Hall–Kier alpha value is -1.80. The maximum absolute atomic E-state index is 12.8. The van der Waals surface area contributed by atoms with Gasteiger partial charge >= 0.3 is 7.82 Å². The fourth-order valence-electron chi connectivity index (χ4n) is 6.59. The Balaban J connectivity index is 4.21. The van der Waals surface area contributed by atoms with E-state index in [0.717, 1.165) is 77.0 Å². The molecule has 0 aliphatic heterocycles. The normalized spacial score (nSPS) is 14.5. The Bertz CT molecular complexity index is 1080. The molecule has 8 nitrogen and oxygen atoms in total. The SMILES string of the molecule is CC/C=C\C/C=C\C/C=C\C/C=C\CCCCCCCCC(=O)NC(COP(=O)(O)OCCN)C(O)/C=C/CCCCCCCCCCCCCCCCCCC. The number of phosphoric ester groups is 1. The summed E-state index contributed by atoms with van der Waals surface area (Å²) in [5, 5.41) is 13.7. The van der Waals surface area contributed by atoms with Crippen LogP contribution in [0.5, 0.6) is 0 Å². The first-order chi connectivity index (χ1) is 27.9. The predicted octanol–water partition coefficient (Wildman–Crippen LogP) is 13.4. The van der Waals surface area contributed by atoms with E-state index in [2.05, 4.69) is 67.8 Å². The highest BCUT2D eigenvalue weighted by atomic mass is 31.2. The first-order valence-electron chi connectivity index (χ1n) is 23.4. The van der Waals surface area contributed by atoms with Crippen molar-refractivity contribution in [2.75, 3.05) is 19.8 Å². The maximum Gasteiger partial charge on any atom is 0.472 e. The second-order valence-corrected chi connectivity index (χ2v) is 17.0. The number of amides is 1. The van der Waals surface area contributed by atoms with E-state index in [1.54, 1.807) is 6.08 Å². The Morgan fingerprint density at radius 1 is 0.596 bits per heavy atom. The molecule has 0 radical (unpaired) electrons. The Morgan fingerprint density at radius 2 is 1.02 bits per heavy atom. The van der Waals surface area contributed by atoms with Crippen LogP contribution in [0.15, 0.2) is 60.8 Å². The van der Waals surface area contributed by atoms with Crippen LogP contribution in [0, 0.1) is 0 Å². The second-order valence-electron chi connectivity index (χ2n) is 15.6. The molecule has 0 fully saturated rings. The lowest BCUT2D eigenvalue weighted by Crippen LogP contribution is -2.45. The zero-order valence-corrected chi connectivity index (χ0v) is 37.7. The Kier molecular flexibility index (Phi) is 42.4. The molecule has 1 amide bonds. The van der Waals surface area contributed by atoms with Gasteiger partial charge in [0, 0.05) is 13.0 Å². The maximum atomic E-state index is 12.8. The molecule has 5 N–H and O–H groups in total. The molecule has 0 aromatic heterocycles. The first kappa shape index (κ1) is 55.2. The largest absolute Gasteiger partial charge is 0.472 e. The first-order valence-corrected chi connectivity index (χ1v) is 24.9. The summed E-state index contributed by atoms with van der Waals surface area (Å²) in [6, 6.07) is -0.871. The number of hydrogen-bond donors (Lipinski definition) is 4. The van der Waals surface area contributed by atoms with E-state index in [1.807, 2.05) is 6.08 Å². The summed E-state index contributed by atoms with van der Waals surface area (Å²) in [6.45, 7) is 4.02. The van der Waals surface area contributed by atoms with E-state index >= 15 is 0 Å². The third kappa shape index (κ3) is 42.1. The standard InChI is InChI=1S/C48H89N2O6P/c1-3-5-7-9-11-13-15-17-19-21-23-25-27-29-31-33-35-37-39-41-47(51)46(45-56-57(53,54)55-44-43-49)50-48(52)42-40-38-36-34-32-30-28-26-24-22-20-18-16-14-12-10-8-6-4-2/h6,8,12,14,18,20,24,26,39,41,46-47,51H,3-5,7,9-11,13,15-17,19,21-23,25,27-38,40,42-45,49H2,1-2H3,(H,50,52)(H,53,54)/b8-6-,14-12-,20-18-,26-24-,41-39+. The lowest BCUT2D eigenvalue weighted by molar-refractivity contribution is -0.123. The molecule has 3 unspecified atom stereocenters. The number of carbonyl (C=O) groups excluding carboxylic acids is 1. The fraction of sp³-hybridized carbons (Fsp3) is 0.771. The van der Waals surface area contributed by atoms with E-state index in [-0.39, 0.29) is 25.7 Å². The number of nitrogens with two attached hydrogens (primary N) is 1. The quantitative estimate of drug-likeness (QED) is 0.0274. The number of aliphatic hydroxyl groups is 1. The van der Waals surface area contributed by atoms with E-state index < -0.39 is 20.0 Å². The number of hydrogen-bond acceptors (Lipinski definition) is 6. The van der Waals surface area contributed by atoms with E-state index in [4.69, 9.17) is 14.8 Å². The molecule has 3 atom stereocenters. The summed E-state index contributed by atoms with van der Waals surface area (Å²) < 4.78 is 22.2. The number of phosphoric acid groups is 1. The zero-order valence-electron chi connectivity index (χ0n) is 36.8. The van der Waals surface area contributed by atoms with Gasteiger partial charge in [0.25, 0.3) is 0 Å². The molecular weight excluding hydrogens is 732 g/mol. The molecule has 57 heavy (non-hydrogen) atoms. The highest BCUT2D eigenvalue weighted by Gasteiger charge is 2.26. The van der Waals surface area contributed by atoms with Gasteiger partial charge in [0.2, 0.25) is 5.91 Å². The van der Waals surface area contributed by atoms with E-state index in [1.165, 1.54) is 109 Å². The van der Waals surface area contributed by atoms with Gasteiger partial charge in [0.05, 0.1) is 25.4 Å². The lowest BCUT2D eigenvalue weighted by Gasteiger charge is -2.23. The molecular formula is C48H89N2O6P. The highest BCUT2D eigenvalue weighted by Crippen LogP contribution is 2.43. The van der Waals surface area contributed by atoms with Crippen molar-refractivity contribution in [3.63, 3.8) is 0 Å². The third-order valence-corrected chi connectivity index (χ3v) is 11.1. The molecule has 0 aromatic rings. The summed E-state index contributed by atoms with van der Waals surface area (Å²) in [7, 11) is -4.35. The highest BCUT2D eigenvalue weighted by molar-refractivity contribution is 7.47. The van der Waals surface area contributed by atoms with Gasteiger partial charge in [-0.1, -0.05) is 203 Å². The van der Waals surface area contributed by atoms with Crippen LogP contribution < -0.4 is 11.1 Å². The number of unbranched alkanes of at least 4 members (excludes halogenated alkanes) is 23. The van der Waals surface area contributed by atoms with Crippen molar-refractivity contribution >= 4 is 13.7 Å². The van der Waals surface area contributed by atoms with Crippen LogP contribution in [-0.2, 0) is 18.4 Å². The lowest BCUT2D eigenvalue weighted by atomic mass is 10.0.